The van der Waals surface area contributed by atoms with E-state index in [1.165, 1.54) is 0 Å². The van der Waals surface area contributed by atoms with Crippen molar-refractivity contribution in [2.45, 2.75) is 19.5 Å². The molecule has 2 rings (SSSR count). The smallest absolute Gasteiger partial charge is 0.241 e. The Labute approximate surface area is 142 Å². The zero-order chi connectivity index (χ0) is 17.5. The monoisotopic (exact) mass is 323 g/mol. The lowest BCUT2D eigenvalue weighted by atomic mass is 10.1. The maximum absolute atomic E-state index is 12.4. The number of nitriles is 1. The molecule has 0 aliphatic rings. The Kier molecular flexibility index (Phi) is 5.94. The first-order chi connectivity index (χ1) is 11.5. The number of ether oxygens (including phenoxy) is 1. The van der Waals surface area contributed by atoms with Gasteiger partial charge in [-0.2, -0.15) is 5.26 Å². The van der Waals surface area contributed by atoms with Gasteiger partial charge in [0.1, 0.15) is 5.75 Å². The second-order valence-corrected chi connectivity index (χ2v) is 5.62. The Morgan fingerprint density at radius 1 is 1.29 bits per heavy atom. The van der Waals surface area contributed by atoms with E-state index < -0.39 is 0 Å². The number of hydrogen-bond acceptors (Lipinski definition) is 4. The number of nitrogens with zero attached hydrogens (tertiary/aromatic N) is 2. The molecular weight excluding hydrogens is 302 g/mol. The lowest BCUT2D eigenvalue weighted by molar-refractivity contribution is -0.120. The Morgan fingerprint density at radius 3 is 2.75 bits per heavy atom. The molecule has 0 aliphatic heterocycles. The zero-order valence-corrected chi connectivity index (χ0v) is 14.1. The molecule has 5 heteroatoms. The van der Waals surface area contributed by atoms with Crippen LogP contribution in [-0.4, -0.2) is 31.0 Å². The molecule has 124 valence electrons. The minimum Gasteiger partial charge on any atom is -0.497 e. The van der Waals surface area contributed by atoms with Crippen LogP contribution < -0.4 is 10.1 Å². The van der Waals surface area contributed by atoms with E-state index in [1.54, 1.807) is 31.4 Å². The van der Waals surface area contributed by atoms with Crippen molar-refractivity contribution < 1.29 is 9.53 Å². The molecule has 0 heterocycles. The molecule has 0 aliphatic carbocycles. The van der Waals surface area contributed by atoms with E-state index in [0.29, 0.717) is 17.8 Å². The minimum atomic E-state index is -0.318. The largest absolute Gasteiger partial charge is 0.497 e. The highest BCUT2D eigenvalue weighted by atomic mass is 16.5. The van der Waals surface area contributed by atoms with Crippen LogP contribution in [0.3, 0.4) is 0 Å². The standard InChI is InChI=1S/C19H21N3O2/c1-14(19(23)21-17-8-4-6-15(10-17)12-20)22(2)13-16-7-5-9-18(11-16)24-3/h4-11,14H,13H2,1-3H3,(H,21,23)/t14-/m1/s1. The van der Waals surface area contributed by atoms with Gasteiger partial charge in [-0.3, -0.25) is 9.69 Å². The van der Waals surface area contributed by atoms with Gasteiger partial charge in [0.2, 0.25) is 5.91 Å². The number of methoxy groups -OCH3 is 1. The lowest BCUT2D eigenvalue weighted by Gasteiger charge is -2.24. The molecule has 24 heavy (non-hydrogen) atoms. The summed E-state index contributed by atoms with van der Waals surface area (Å²) in [5.41, 5.74) is 2.22. The number of carbonyl (C=O) groups is 1. The van der Waals surface area contributed by atoms with E-state index in [2.05, 4.69) is 11.4 Å². The van der Waals surface area contributed by atoms with E-state index in [9.17, 15) is 4.79 Å². The first kappa shape index (κ1) is 17.5. The summed E-state index contributed by atoms with van der Waals surface area (Å²) in [6.07, 6.45) is 0. The molecular formula is C19H21N3O2. The third-order valence-corrected chi connectivity index (χ3v) is 3.87. The number of benzene rings is 2. The molecule has 1 N–H and O–H groups in total. The van der Waals surface area contributed by atoms with Gasteiger partial charge < -0.3 is 10.1 Å². The number of rotatable bonds is 6. The van der Waals surface area contributed by atoms with Gasteiger partial charge in [-0.15, -0.1) is 0 Å². The van der Waals surface area contributed by atoms with Crippen LogP contribution >= 0.6 is 0 Å². The van der Waals surface area contributed by atoms with Crippen LogP contribution in [0, 0.1) is 11.3 Å². The number of nitrogens with one attached hydrogen (secondary N) is 1. The van der Waals surface area contributed by atoms with Crippen LogP contribution in [0.2, 0.25) is 0 Å². The highest BCUT2D eigenvalue weighted by molar-refractivity contribution is 5.94. The van der Waals surface area contributed by atoms with Crippen molar-refractivity contribution in [3.63, 3.8) is 0 Å². The zero-order valence-electron chi connectivity index (χ0n) is 14.1. The van der Waals surface area contributed by atoms with Gasteiger partial charge in [-0.05, 0) is 49.9 Å². The molecule has 0 aromatic heterocycles. The molecule has 1 atom stereocenters. The average Bonchev–Trinajstić information content (AvgIpc) is 2.61. The van der Waals surface area contributed by atoms with Crippen LogP contribution in [0.4, 0.5) is 5.69 Å². The number of amides is 1. The molecule has 0 radical (unpaired) electrons. The maximum atomic E-state index is 12.4. The van der Waals surface area contributed by atoms with E-state index in [-0.39, 0.29) is 11.9 Å². The summed E-state index contributed by atoms with van der Waals surface area (Å²) in [6, 6.07) is 16.4. The predicted molar refractivity (Wildman–Crippen MR) is 93.7 cm³/mol. The molecule has 0 spiro atoms. The topological polar surface area (TPSA) is 65.4 Å². The van der Waals surface area contributed by atoms with Crippen molar-refractivity contribution in [1.29, 1.82) is 5.26 Å². The first-order valence-electron chi connectivity index (χ1n) is 7.67. The Bertz CT molecular complexity index is 752. The summed E-state index contributed by atoms with van der Waals surface area (Å²) in [5.74, 6) is 0.682. The van der Waals surface area contributed by atoms with Crippen LogP contribution in [0.5, 0.6) is 5.75 Å². The third-order valence-electron chi connectivity index (χ3n) is 3.87. The molecule has 2 aromatic carbocycles. The third kappa shape index (κ3) is 4.58. The van der Waals surface area contributed by atoms with Crippen molar-refractivity contribution in [3.8, 4) is 11.8 Å². The Hall–Kier alpha value is -2.84. The Morgan fingerprint density at radius 2 is 2.04 bits per heavy atom. The van der Waals surface area contributed by atoms with Gasteiger partial charge >= 0.3 is 0 Å². The number of likely N-dealkylation sites (N-methyl/N-ethyl adjacent to an activating group) is 1. The second-order valence-electron chi connectivity index (χ2n) is 5.62. The van der Waals surface area contributed by atoms with Crippen molar-refractivity contribution in [1.82, 2.24) is 4.90 Å². The first-order valence-corrected chi connectivity index (χ1v) is 7.67. The summed E-state index contributed by atoms with van der Waals surface area (Å²) < 4.78 is 5.22. The minimum absolute atomic E-state index is 0.115. The normalized spacial score (nSPS) is 11.6. The SMILES string of the molecule is COc1cccc(CN(C)[C@H](C)C(=O)Nc2cccc(C#N)c2)c1. The van der Waals surface area contributed by atoms with Crippen molar-refractivity contribution in [2.75, 3.05) is 19.5 Å². The summed E-state index contributed by atoms with van der Waals surface area (Å²) in [6.45, 7) is 2.48. The van der Waals surface area contributed by atoms with Crippen molar-refractivity contribution in [3.05, 3.63) is 59.7 Å². The summed E-state index contributed by atoms with van der Waals surface area (Å²) in [4.78, 5) is 14.4. The maximum Gasteiger partial charge on any atom is 0.241 e. The highest BCUT2D eigenvalue weighted by Crippen LogP contribution is 2.16. The van der Waals surface area contributed by atoms with Gasteiger partial charge in [0.15, 0.2) is 0 Å². The number of anilines is 1. The predicted octanol–water partition coefficient (Wildman–Crippen LogP) is 3.03. The average molecular weight is 323 g/mol. The molecule has 0 bridgehead atoms. The molecule has 0 unspecified atom stereocenters. The summed E-state index contributed by atoms with van der Waals surface area (Å²) >= 11 is 0. The van der Waals surface area contributed by atoms with Gasteiger partial charge in [0.25, 0.3) is 0 Å². The van der Waals surface area contributed by atoms with E-state index >= 15 is 0 Å². The summed E-state index contributed by atoms with van der Waals surface area (Å²) in [5, 5.41) is 11.8. The van der Waals surface area contributed by atoms with Gasteiger partial charge in [-0.25, -0.2) is 0 Å². The lowest BCUT2D eigenvalue weighted by Crippen LogP contribution is -2.39. The summed E-state index contributed by atoms with van der Waals surface area (Å²) in [7, 11) is 3.53. The van der Waals surface area contributed by atoms with Gasteiger partial charge in [-0.1, -0.05) is 18.2 Å². The second kappa shape index (κ2) is 8.14. The highest BCUT2D eigenvalue weighted by Gasteiger charge is 2.18. The molecule has 0 saturated heterocycles. The fourth-order valence-corrected chi connectivity index (χ4v) is 2.31. The number of carbonyl (C=O) groups excluding carboxylic acids is 1. The van der Waals surface area contributed by atoms with Crippen LogP contribution in [-0.2, 0) is 11.3 Å². The van der Waals surface area contributed by atoms with E-state index in [0.717, 1.165) is 11.3 Å². The van der Waals surface area contributed by atoms with Gasteiger partial charge in [0, 0.05) is 12.2 Å². The Balaban J connectivity index is 1.99. The number of hydrogen-bond donors (Lipinski definition) is 1. The van der Waals surface area contributed by atoms with E-state index in [1.807, 2.05) is 43.1 Å². The van der Waals surface area contributed by atoms with Crippen LogP contribution in [0.25, 0.3) is 0 Å². The van der Waals surface area contributed by atoms with E-state index in [4.69, 9.17) is 10.00 Å². The van der Waals surface area contributed by atoms with Crippen molar-refractivity contribution >= 4 is 11.6 Å². The van der Waals surface area contributed by atoms with Crippen LogP contribution in [0.15, 0.2) is 48.5 Å². The molecule has 0 saturated carbocycles. The molecule has 5 nitrogen and oxygen atoms in total. The molecule has 1 amide bonds. The molecule has 0 fully saturated rings. The fraction of sp³-hybridized carbons (Fsp3) is 0.263. The van der Waals surface area contributed by atoms with Gasteiger partial charge in [0.05, 0.1) is 24.8 Å². The molecule has 2 aromatic rings. The van der Waals surface area contributed by atoms with Crippen molar-refractivity contribution in [2.24, 2.45) is 0 Å². The fourth-order valence-electron chi connectivity index (χ4n) is 2.31. The van der Waals surface area contributed by atoms with Crippen LogP contribution in [0.1, 0.15) is 18.1 Å². The quantitative estimate of drug-likeness (QED) is 0.887.